The van der Waals surface area contributed by atoms with Crippen molar-refractivity contribution in [3.8, 4) is 0 Å². The number of unbranched alkanes of at least 4 members (excludes halogenated alkanes) is 7. The molecule has 0 aromatic rings. The van der Waals surface area contributed by atoms with Gasteiger partial charge in [-0.1, -0.05) is 71.6 Å². The van der Waals surface area contributed by atoms with Crippen molar-refractivity contribution in [1.29, 1.82) is 0 Å². The summed E-state index contributed by atoms with van der Waals surface area (Å²) in [5.41, 5.74) is -0.403. The maximum Gasteiger partial charge on any atom is 0.0619 e. The first-order valence-corrected chi connectivity index (χ1v) is 7.34. The highest BCUT2D eigenvalue weighted by atomic mass is 16.3. The van der Waals surface area contributed by atoms with Crippen LogP contribution in [0, 0.1) is 0 Å². The van der Waals surface area contributed by atoms with Crippen molar-refractivity contribution in [3.63, 3.8) is 0 Å². The van der Waals surface area contributed by atoms with Crippen molar-refractivity contribution in [1.82, 2.24) is 0 Å². The molecule has 0 saturated heterocycles. The molecule has 0 bridgehead atoms. The van der Waals surface area contributed by atoms with E-state index in [2.05, 4.69) is 13.8 Å². The smallest absolute Gasteiger partial charge is 0.0619 e. The number of aliphatic hydroxyl groups is 1. The molecule has 0 saturated carbocycles. The lowest BCUT2D eigenvalue weighted by molar-refractivity contribution is 0.0367. The van der Waals surface area contributed by atoms with Crippen LogP contribution in [0.4, 0.5) is 0 Å². The minimum Gasteiger partial charge on any atom is -0.390 e. The van der Waals surface area contributed by atoms with Gasteiger partial charge in [-0.3, -0.25) is 0 Å². The minimum atomic E-state index is -0.403. The summed E-state index contributed by atoms with van der Waals surface area (Å²) in [5.74, 6) is 0. The van der Waals surface area contributed by atoms with Gasteiger partial charge in [0.25, 0.3) is 0 Å². The Morgan fingerprint density at radius 2 is 1.06 bits per heavy atom. The molecule has 0 amide bonds. The van der Waals surface area contributed by atoms with Crippen LogP contribution in [0.15, 0.2) is 0 Å². The van der Waals surface area contributed by atoms with E-state index >= 15 is 0 Å². The lowest BCUT2D eigenvalue weighted by Crippen LogP contribution is -2.23. The molecule has 1 N–H and O–H groups in total. The molecule has 0 aromatic heterocycles. The molecule has 0 fully saturated rings. The van der Waals surface area contributed by atoms with Gasteiger partial charge in [0.2, 0.25) is 0 Å². The standard InChI is InChI=1S/C15H32O/c1-4-6-8-9-10-12-14-15(3,16)13-11-7-5-2/h16H,4-14H2,1-3H3. The SMILES string of the molecule is CCCCCCCCC(C)(O)CCCCC. The molecule has 98 valence electrons. The van der Waals surface area contributed by atoms with Crippen LogP contribution in [0.25, 0.3) is 0 Å². The molecular weight excluding hydrogens is 196 g/mol. The Morgan fingerprint density at radius 1 is 0.688 bits per heavy atom. The Balaban J connectivity index is 3.35. The summed E-state index contributed by atoms with van der Waals surface area (Å²) in [6.07, 6.45) is 13.5. The van der Waals surface area contributed by atoms with Crippen molar-refractivity contribution in [3.05, 3.63) is 0 Å². The summed E-state index contributed by atoms with van der Waals surface area (Å²) in [4.78, 5) is 0. The van der Waals surface area contributed by atoms with Crippen LogP contribution in [0.5, 0.6) is 0 Å². The van der Waals surface area contributed by atoms with Gasteiger partial charge in [0.05, 0.1) is 5.60 Å². The molecule has 1 unspecified atom stereocenters. The lowest BCUT2D eigenvalue weighted by atomic mass is 9.92. The van der Waals surface area contributed by atoms with Crippen LogP contribution in [0.1, 0.15) is 91.4 Å². The van der Waals surface area contributed by atoms with Crippen molar-refractivity contribution in [2.75, 3.05) is 0 Å². The molecule has 0 aromatic carbocycles. The zero-order valence-electron chi connectivity index (χ0n) is 11.7. The van der Waals surface area contributed by atoms with E-state index in [4.69, 9.17) is 0 Å². The first kappa shape index (κ1) is 16.0. The van der Waals surface area contributed by atoms with E-state index in [1.807, 2.05) is 6.92 Å². The molecule has 1 nitrogen and oxygen atoms in total. The quantitative estimate of drug-likeness (QED) is 0.490. The van der Waals surface area contributed by atoms with Crippen LogP contribution < -0.4 is 0 Å². The third-order valence-corrected chi connectivity index (χ3v) is 3.39. The van der Waals surface area contributed by atoms with Gasteiger partial charge < -0.3 is 5.11 Å². The zero-order chi connectivity index (χ0) is 12.3. The van der Waals surface area contributed by atoms with Gasteiger partial charge in [-0.25, -0.2) is 0 Å². The Hall–Kier alpha value is -0.0400. The summed E-state index contributed by atoms with van der Waals surface area (Å²) >= 11 is 0. The molecular formula is C15H32O. The highest BCUT2D eigenvalue weighted by Gasteiger charge is 2.18. The summed E-state index contributed by atoms with van der Waals surface area (Å²) in [6.45, 7) is 6.47. The van der Waals surface area contributed by atoms with E-state index in [0.717, 1.165) is 12.8 Å². The predicted octanol–water partition coefficient (Wildman–Crippen LogP) is 5.07. The van der Waals surface area contributed by atoms with Gasteiger partial charge in [-0.15, -0.1) is 0 Å². The molecule has 0 heterocycles. The van der Waals surface area contributed by atoms with Crippen molar-refractivity contribution >= 4 is 0 Å². The molecule has 1 atom stereocenters. The van der Waals surface area contributed by atoms with E-state index in [1.54, 1.807) is 0 Å². The van der Waals surface area contributed by atoms with Crippen LogP contribution in [0.2, 0.25) is 0 Å². The van der Waals surface area contributed by atoms with E-state index < -0.39 is 5.60 Å². The fourth-order valence-corrected chi connectivity index (χ4v) is 2.17. The maximum atomic E-state index is 10.1. The lowest BCUT2D eigenvalue weighted by Gasteiger charge is -2.23. The monoisotopic (exact) mass is 228 g/mol. The summed E-state index contributed by atoms with van der Waals surface area (Å²) < 4.78 is 0. The number of hydrogen-bond acceptors (Lipinski definition) is 1. The average Bonchev–Trinajstić information content (AvgIpc) is 2.23. The molecule has 16 heavy (non-hydrogen) atoms. The normalized spacial score (nSPS) is 15.0. The van der Waals surface area contributed by atoms with Crippen molar-refractivity contribution < 1.29 is 5.11 Å². The largest absolute Gasteiger partial charge is 0.390 e. The first-order valence-electron chi connectivity index (χ1n) is 7.34. The molecule has 0 aliphatic carbocycles. The minimum absolute atomic E-state index is 0.403. The van der Waals surface area contributed by atoms with E-state index in [9.17, 15) is 5.11 Å². The van der Waals surface area contributed by atoms with Gasteiger partial charge in [0.1, 0.15) is 0 Å². The molecule has 0 aliphatic rings. The average molecular weight is 228 g/mol. The van der Waals surface area contributed by atoms with E-state index in [-0.39, 0.29) is 0 Å². The Bertz CT molecular complexity index is 140. The topological polar surface area (TPSA) is 20.2 Å². The molecule has 0 rings (SSSR count). The molecule has 0 spiro atoms. The maximum absolute atomic E-state index is 10.1. The summed E-state index contributed by atoms with van der Waals surface area (Å²) in [7, 11) is 0. The Labute approximate surface area is 103 Å². The van der Waals surface area contributed by atoms with Gasteiger partial charge in [-0.2, -0.15) is 0 Å². The van der Waals surface area contributed by atoms with Crippen molar-refractivity contribution in [2.24, 2.45) is 0 Å². The van der Waals surface area contributed by atoms with Crippen LogP contribution in [-0.2, 0) is 0 Å². The van der Waals surface area contributed by atoms with Gasteiger partial charge in [-0.05, 0) is 19.8 Å². The second kappa shape index (κ2) is 10.1. The number of hydrogen-bond donors (Lipinski definition) is 1. The van der Waals surface area contributed by atoms with Crippen molar-refractivity contribution in [2.45, 2.75) is 97.0 Å². The van der Waals surface area contributed by atoms with Gasteiger partial charge >= 0.3 is 0 Å². The summed E-state index contributed by atoms with van der Waals surface area (Å²) in [5, 5.41) is 10.1. The highest BCUT2D eigenvalue weighted by Crippen LogP contribution is 2.22. The summed E-state index contributed by atoms with van der Waals surface area (Å²) in [6, 6.07) is 0. The van der Waals surface area contributed by atoms with Crippen LogP contribution in [-0.4, -0.2) is 10.7 Å². The van der Waals surface area contributed by atoms with Gasteiger partial charge in [0.15, 0.2) is 0 Å². The van der Waals surface area contributed by atoms with Crippen LogP contribution >= 0.6 is 0 Å². The third kappa shape index (κ3) is 10.5. The molecule has 0 radical (unpaired) electrons. The van der Waals surface area contributed by atoms with Gasteiger partial charge in [0, 0.05) is 0 Å². The fraction of sp³-hybridized carbons (Fsp3) is 1.00. The fourth-order valence-electron chi connectivity index (χ4n) is 2.17. The van der Waals surface area contributed by atoms with E-state index in [1.165, 1.54) is 57.8 Å². The Kier molecular flexibility index (Phi) is 10.1. The third-order valence-electron chi connectivity index (χ3n) is 3.39. The second-order valence-electron chi connectivity index (χ2n) is 5.47. The van der Waals surface area contributed by atoms with E-state index in [0.29, 0.717) is 0 Å². The highest BCUT2D eigenvalue weighted by molar-refractivity contribution is 4.72. The molecule has 0 aliphatic heterocycles. The van der Waals surface area contributed by atoms with Crippen LogP contribution in [0.3, 0.4) is 0 Å². The molecule has 1 heteroatoms. The second-order valence-corrected chi connectivity index (χ2v) is 5.47. The first-order chi connectivity index (χ1) is 7.62. The number of rotatable bonds is 11. The Morgan fingerprint density at radius 3 is 1.62 bits per heavy atom. The predicted molar refractivity (Wildman–Crippen MR) is 72.8 cm³/mol. The zero-order valence-corrected chi connectivity index (χ0v) is 11.7.